The Morgan fingerprint density at radius 3 is 2.57 bits per heavy atom. The smallest absolute Gasteiger partial charge is 0.266 e. The molecular formula is C21H18I2N2O3. The zero-order chi connectivity index (χ0) is 20.5. The van der Waals surface area contributed by atoms with Gasteiger partial charge in [-0.05, 0) is 88.0 Å². The Labute approximate surface area is 191 Å². The van der Waals surface area contributed by atoms with Gasteiger partial charge in [0.05, 0.1) is 13.7 Å². The molecule has 2 rings (SSSR count). The Hall–Kier alpha value is -2.06. The molecule has 0 aliphatic rings. The molecule has 0 bridgehead atoms. The first-order valence-electron chi connectivity index (χ1n) is 8.37. The summed E-state index contributed by atoms with van der Waals surface area (Å²) < 4.78 is 12.9. The number of carbonyl (C=O) groups excluding carboxylic acids is 1. The van der Waals surface area contributed by atoms with Crippen molar-refractivity contribution in [3.8, 4) is 17.6 Å². The first kappa shape index (κ1) is 22.2. The zero-order valence-electron chi connectivity index (χ0n) is 15.2. The maximum Gasteiger partial charge on any atom is 0.266 e. The molecule has 7 heteroatoms. The van der Waals surface area contributed by atoms with Crippen molar-refractivity contribution in [2.75, 3.05) is 18.5 Å². The summed E-state index contributed by atoms with van der Waals surface area (Å²) >= 11 is 4.33. The standard InChI is InChI=1S/C21H18I2N2O3/c1-3-8-28-20-18(22)10-14(11-19(20)23)9-15(13-24)21(26)25-16-6-5-7-17(12-16)27-4-2/h3,5-7,9-12H,1,4,8H2,2H3,(H,25,26)/b15-9+. The fraction of sp³-hybridized carbons (Fsp3) is 0.143. The van der Waals surface area contributed by atoms with E-state index in [4.69, 9.17) is 9.47 Å². The number of nitrogens with one attached hydrogen (secondary N) is 1. The van der Waals surface area contributed by atoms with Gasteiger partial charge in [-0.15, -0.1) is 0 Å². The molecule has 0 aromatic heterocycles. The van der Waals surface area contributed by atoms with Gasteiger partial charge >= 0.3 is 0 Å². The molecule has 2 aromatic rings. The van der Waals surface area contributed by atoms with Crippen molar-refractivity contribution >= 4 is 62.9 Å². The van der Waals surface area contributed by atoms with Crippen LogP contribution in [-0.2, 0) is 4.79 Å². The molecule has 1 amide bonds. The molecule has 0 fully saturated rings. The number of ether oxygens (including phenoxy) is 2. The summed E-state index contributed by atoms with van der Waals surface area (Å²) in [4.78, 5) is 12.5. The quantitative estimate of drug-likeness (QED) is 0.191. The number of benzene rings is 2. The first-order chi connectivity index (χ1) is 13.5. The van der Waals surface area contributed by atoms with Crippen LogP contribution in [0.25, 0.3) is 6.08 Å². The van der Waals surface area contributed by atoms with E-state index in [9.17, 15) is 10.1 Å². The highest BCUT2D eigenvalue weighted by atomic mass is 127. The van der Waals surface area contributed by atoms with Gasteiger partial charge in [0.15, 0.2) is 0 Å². The number of hydrogen-bond acceptors (Lipinski definition) is 4. The maximum atomic E-state index is 12.5. The number of anilines is 1. The lowest BCUT2D eigenvalue weighted by Crippen LogP contribution is -2.13. The van der Waals surface area contributed by atoms with Crippen molar-refractivity contribution in [1.29, 1.82) is 5.26 Å². The number of amides is 1. The van der Waals surface area contributed by atoms with E-state index in [0.717, 1.165) is 18.5 Å². The van der Waals surface area contributed by atoms with Crippen molar-refractivity contribution < 1.29 is 14.3 Å². The highest BCUT2D eigenvalue weighted by molar-refractivity contribution is 14.1. The average Bonchev–Trinajstić information content (AvgIpc) is 2.66. The Bertz CT molecular complexity index is 926. The molecular weight excluding hydrogens is 582 g/mol. The highest BCUT2D eigenvalue weighted by Gasteiger charge is 2.12. The van der Waals surface area contributed by atoms with Crippen LogP contribution in [0.15, 0.2) is 54.6 Å². The van der Waals surface area contributed by atoms with Crippen LogP contribution in [0.5, 0.6) is 11.5 Å². The molecule has 0 unspecified atom stereocenters. The third kappa shape index (κ3) is 6.24. The van der Waals surface area contributed by atoms with Gasteiger partial charge in [0, 0.05) is 11.8 Å². The number of hydrogen-bond donors (Lipinski definition) is 1. The monoisotopic (exact) mass is 600 g/mol. The lowest BCUT2D eigenvalue weighted by atomic mass is 10.1. The molecule has 0 heterocycles. The van der Waals surface area contributed by atoms with E-state index >= 15 is 0 Å². The molecule has 0 saturated heterocycles. The highest BCUT2D eigenvalue weighted by Crippen LogP contribution is 2.30. The van der Waals surface area contributed by atoms with Gasteiger partial charge in [0.1, 0.15) is 29.7 Å². The fourth-order valence-corrected chi connectivity index (χ4v) is 4.41. The van der Waals surface area contributed by atoms with Gasteiger partial charge < -0.3 is 14.8 Å². The van der Waals surface area contributed by atoms with Gasteiger partial charge in [-0.1, -0.05) is 18.7 Å². The lowest BCUT2D eigenvalue weighted by molar-refractivity contribution is -0.112. The minimum atomic E-state index is -0.479. The average molecular weight is 600 g/mol. The third-order valence-electron chi connectivity index (χ3n) is 3.45. The number of rotatable bonds is 8. The van der Waals surface area contributed by atoms with Crippen LogP contribution in [0.1, 0.15) is 12.5 Å². The molecule has 144 valence electrons. The van der Waals surface area contributed by atoms with Crippen LogP contribution in [0.3, 0.4) is 0 Å². The van der Waals surface area contributed by atoms with E-state index in [1.165, 1.54) is 0 Å². The predicted octanol–water partition coefficient (Wildman–Crippen LogP) is 5.40. The Morgan fingerprint density at radius 1 is 1.25 bits per heavy atom. The molecule has 5 nitrogen and oxygen atoms in total. The van der Waals surface area contributed by atoms with Crippen molar-refractivity contribution in [3.05, 3.63) is 67.3 Å². The number of halogens is 2. The molecule has 0 radical (unpaired) electrons. The summed E-state index contributed by atoms with van der Waals surface area (Å²) in [7, 11) is 0. The van der Waals surface area contributed by atoms with Gasteiger partial charge in [0.25, 0.3) is 5.91 Å². The topological polar surface area (TPSA) is 71.3 Å². The predicted molar refractivity (Wildman–Crippen MR) is 127 cm³/mol. The van der Waals surface area contributed by atoms with Gasteiger partial charge in [-0.25, -0.2) is 0 Å². The second kappa shape index (κ2) is 11.1. The molecule has 0 aliphatic heterocycles. The summed E-state index contributed by atoms with van der Waals surface area (Å²) in [5.41, 5.74) is 1.32. The van der Waals surface area contributed by atoms with E-state index < -0.39 is 5.91 Å². The van der Waals surface area contributed by atoms with Crippen LogP contribution < -0.4 is 14.8 Å². The van der Waals surface area contributed by atoms with Gasteiger partial charge in [-0.2, -0.15) is 5.26 Å². The Kier molecular flexibility index (Phi) is 8.79. The van der Waals surface area contributed by atoms with Crippen molar-refractivity contribution in [2.24, 2.45) is 0 Å². The summed E-state index contributed by atoms with van der Waals surface area (Å²) in [5, 5.41) is 12.2. The van der Waals surface area contributed by atoms with E-state index in [0.29, 0.717) is 24.7 Å². The Morgan fingerprint density at radius 2 is 1.96 bits per heavy atom. The van der Waals surface area contributed by atoms with Crippen molar-refractivity contribution in [1.82, 2.24) is 0 Å². The molecule has 0 aliphatic carbocycles. The molecule has 0 atom stereocenters. The normalized spacial score (nSPS) is 10.7. The summed E-state index contributed by atoms with van der Waals surface area (Å²) in [6.45, 7) is 6.47. The van der Waals surface area contributed by atoms with E-state index in [1.54, 1.807) is 36.4 Å². The maximum absolute atomic E-state index is 12.5. The van der Waals surface area contributed by atoms with Crippen LogP contribution in [0.4, 0.5) is 5.69 Å². The fourth-order valence-electron chi connectivity index (χ4n) is 2.29. The summed E-state index contributed by atoms with van der Waals surface area (Å²) in [5.74, 6) is 0.934. The second-order valence-electron chi connectivity index (χ2n) is 5.50. The first-order valence-corrected chi connectivity index (χ1v) is 10.5. The zero-order valence-corrected chi connectivity index (χ0v) is 19.5. The summed E-state index contributed by atoms with van der Waals surface area (Å²) in [6.07, 6.45) is 3.24. The van der Waals surface area contributed by atoms with Crippen molar-refractivity contribution in [3.63, 3.8) is 0 Å². The molecule has 0 saturated carbocycles. The number of nitrogens with zero attached hydrogens (tertiary/aromatic N) is 1. The molecule has 2 aromatic carbocycles. The Balaban J connectivity index is 2.23. The molecule has 28 heavy (non-hydrogen) atoms. The molecule has 1 N–H and O–H groups in total. The van der Waals surface area contributed by atoms with Crippen LogP contribution in [0, 0.1) is 18.5 Å². The summed E-state index contributed by atoms with van der Waals surface area (Å²) in [6, 6.07) is 12.7. The molecule has 0 spiro atoms. The third-order valence-corrected chi connectivity index (χ3v) is 5.05. The minimum absolute atomic E-state index is 0.00757. The van der Waals surface area contributed by atoms with Gasteiger partial charge in [0.2, 0.25) is 0 Å². The van der Waals surface area contributed by atoms with Crippen LogP contribution >= 0.6 is 45.2 Å². The lowest BCUT2D eigenvalue weighted by Gasteiger charge is -2.10. The van der Waals surface area contributed by atoms with Crippen LogP contribution in [-0.4, -0.2) is 19.1 Å². The van der Waals surface area contributed by atoms with E-state index in [2.05, 4.69) is 57.1 Å². The minimum Gasteiger partial charge on any atom is -0.494 e. The second-order valence-corrected chi connectivity index (χ2v) is 7.82. The van der Waals surface area contributed by atoms with Crippen molar-refractivity contribution in [2.45, 2.75) is 6.92 Å². The van der Waals surface area contributed by atoms with E-state index in [1.807, 2.05) is 25.1 Å². The SMILES string of the molecule is C=CCOc1c(I)cc(/C=C(\C#N)C(=O)Nc2cccc(OCC)c2)cc1I. The number of nitriles is 1. The van der Waals surface area contributed by atoms with E-state index in [-0.39, 0.29) is 5.57 Å². The largest absolute Gasteiger partial charge is 0.494 e. The van der Waals surface area contributed by atoms with Crippen LogP contribution in [0.2, 0.25) is 0 Å². The van der Waals surface area contributed by atoms with Gasteiger partial charge in [-0.3, -0.25) is 4.79 Å². The number of carbonyl (C=O) groups is 1.